The minimum atomic E-state index is 1.00. The van der Waals surface area contributed by atoms with E-state index in [2.05, 4.69) is 29.4 Å². The van der Waals surface area contributed by atoms with Crippen LogP contribution < -0.4 is 5.32 Å². The fraction of sp³-hybridized carbons (Fsp3) is 0.462. The Balaban J connectivity index is 1.80. The van der Waals surface area contributed by atoms with E-state index in [4.69, 9.17) is 0 Å². The Hall–Kier alpha value is -1.31. The molecule has 0 saturated carbocycles. The van der Waals surface area contributed by atoms with Crippen LogP contribution in [-0.4, -0.2) is 11.5 Å². The summed E-state index contributed by atoms with van der Waals surface area (Å²) in [6.45, 7) is 3.09. The van der Waals surface area contributed by atoms with Gasteiger partial charge in [0.15, 0.2) is 0 Å². The molecule has 0 aromatic carbocycles. The summed E-state index contributed by atoms with van der Waals surface area (Å²) in [5, 5.41) is 3.39. The Labute approximate surface area is 91.4 Å². The van der Waals surface area contributed by atoms with E-state index in [1.54, 1.807) is 5.57 Å². The van der Waals surface area contributed by atoms with E-state index in [0.29, 0.717) is 0 Å². The zero-order valence-electron chi connectivity index (χ0n) is 9.29. The van der Waals surface area contributed by atoms with Gasteiger partial charge in [0, 0.05) is 12.7 Å². The Morgan fingerprint density at radius 2 is 2.40 bits per heavy atom. The maximum Gasteiger partial charge on any atom is 0.128 e. The monoisotopic (exact) mass is 202 g/mol. The summed E-state index contributed by atoms with van der Waals surface area (Å²) < 4.78 is 0. The van der Waals surface area contributed by atoms with Gasteiger partial charge in [0.25, 0.3) is 0 Å². The van der Waals surface area contributed by atoms with Crippen molar-refractivity contribution in [1.29, 1.82) is 0 Å². The number of anilines is 1. The van der Waals surface area contributed by atoms with Gasteiger partial charge in [-0.15, -0.1) is 0 Å². The Morgan fingerprint density at radius 3 is 3.13 bits per heavy atom. The minimum Gasteiger partial charge on any atom is -0.370 e. The summed E-state index contributed by atoms with van der Waals surface area (Å²) in [5.74, 6) is 1.02. The van der Waals surface area contributed by atoms with E-state index in [1.165, 1.54) is 24.8 Å². The van der Waals surface area contributed by atoms with Crippen molar-refractivity contribution in [2.45, 2.75) is 32.6 Å². The maximum atomic E-state index is 4.31. The van der Waals surface area contributed by atoms with Crippen LogP contribution in [0.2, 0.25) is 0 Å². The third-order valence-electron chi connectivity index (χ3n) is 2.88. The van der Waals surface area contributed by atoms with E-state index in [1.807, 2.05) is 12.3 Å². The first kappa shape index (κ1) is 10.2. The highest BCUT2D eigenvalue weighted by atomic mass is 15.0. The normalized spacial score (nSPS) is 15.1. The molecular weight excluding hydrogens is 184 g/mol. The lowest BCUT2D eigenvalue weighted by molar-refractivity contribution is 0.861. The van der Waals surface area contributed by atoms with Gasteiger partial charge in [0.1, 0.15) is 5.82 Å². The van der Waals surface area contributed by atoms with Gasteiger partial charge in [-0.3, -0.25) is 0 Å². The van der Waals surface area contributed by atoms with Crippen LogP contribution in [0.25, 0.3) is 0 Å². The zero-order chi connectivity index (χ0) is 10.5. The number of allylic oxidation sites excluding steroid dienone is 1. The Bertz CT molecular complexity index is 355. The quantitative estimate of drug-likeness (QED) is 0.758. The van der Waals surface area contributed by atoms with Gasteiger partial charge >= 0.3 is 0 Å². The molecule has 80 valence electrons. The third-order valence-corrected chi connectivity index (χ3v) is 2.88. The largest absolute Gasteiger partial charge is 0.370 e. The van der Waals surface area contributed by atoms with E-state index in [-0.39, 0.29) is 0 Å². The number of hydrogen-bond acceptors (Lipinski definition) is 2. The highest BCUT2D eigenvalue weighted by Crippen LogP contribution is 2.20. The summed E-state index contributed by atoms with van der Waals surface area (Å²) >= 11 is 0. The molecule has 0 spiro atoms. The number of nitrogens with zero attached hydrogens (tertiary/aromatic N) is 1. The molecule has 0 saturated heterocycles. The van der Waals surface area contributed by atoms with Gasteiger partial charge < -0.3 is 5.32 Å². The smallest absolute Gasteiger partial charge is 0.128 e. The summed E-state index contributed by atoms with van der Waals surface area (Å²) in [6.07, 6.45) is 9.30. The fourth-order valence-electron chi connectivity index (χ4n) is 1.98. The molecule has 1 aromatic heterocycles. The van der Waals surface area contributed by atoms with Gasteiger partial charge in [-0.1, -0.05) is 17.7 Å². The first-order valence-electron chi connectivity index (χ1n) is 5.69. The summed E-state index contributed by atoms with van der Waals surface area (Å²) in [5.41, 5.74) is 2.83. The predicted molar refractivity (Wildman–Crippen MR) is 64.0 cm³/mol. The highest BCUT2D eigenvalue weighted by Gasteiger charge is 2.04. The van der Waals surface area contributed by atoms with Crippen LogP contribution in [0.1, 0.15) is 31.2 Å². The van der Waals surface area contributed by atoms with Crippen molar-refractivity contribution in [2.75, 3.05) is 11.9 Å². The molecule has 0 unspecified atom stereocenters. The van der Waals surface area contributed by atoms with Crippen LogP contribution in [0.15, 0.2) is 30.0 Å². The lowest BCUT2D eigenvalue weighted by Gasteiger charge is -2.08. The SMILES string of the molecule is Cc1cccnc1NCCC1=CCCC1. The molecule has 0 radical (unpaired) electrons. The van der Waals surface area contributed by atoms with E-state index >= 15 is 0 Å². The van der Waals surface area contributed by atoms with Gasteiger partial charge in [-0.25, -0.2) is 4.98 Å². The number of nitrogens with one attached hydrogen (secondary N) is 1. The van der Waals surface area contributed by atoms with Crippen LogP contribution in [0.5, 0.6) is 0 Å². The van der Waals surface area contributed by atoms with E-state index in [9.17, 15) is 0 Å². The molecule has 1 heterocycles. The van der Waals surface area contributed by atoms with E-state index < -0.39 is 0 Å². The second-order valence-electron chi connectivity index (χ2n) is 4.10. The second kappa shape index (κ2) is 4.96. The second-order valence-corrected chi connectivity index (χ2v) is 4.10. The predicted octanol–water partition coefficient (Wildman–Crippen LogP) is 3.30. The zero-order valence-corrected chi connectivity index (χ0v) is 9.29. The summed E-state index contributed by atoms with van der Waals surface area (Å²) in [6, 6.07) is 4.06. The minimum absolute atomic E-state index is 1.00. The molecule has 0 fully saturated rings. The standard InChI is InChI=1S/C13H18N2/c1-11-5-4-9-14-13(11)15-10-8-12-6-2-3-7-12/h4-6,9H,2-3,7-8,10H2,1H3,(H,14,15). The molecule has 0 bridgehead atoms. The summed E-state index contributed by atoms with van der Waals surface area (Å²) in [7, 11) is 0. The molecule has 0 aliphatic heterocycles. The van der Waals surface area contributed by atoms with Crippen molar-refractivity contribution >= 4 is 5.82 Å². The molecule has 0 amide bonds. The number of aryl methyl sites for hydroxylation is 1. The molecule has 1 N–H and O–H groups in total. The van der Waals surface area contributed by atoms with Crippen molar-refractivity contribution in [3.8, 4) is 0 Å². The molecular formula is C13H18N2. The van der Waals surface area contributed by atoms with Crippen LogP contribution in [0, 0.1) is 6.92 Å². The van der Waals surface area contributed by atoms with Gasteiger partial charge in [-0.2, -0.15) is 0 Å². The van der Waals surface area contributed by atoms with Crippen molar-refractivity contribution in [2.24, 2.45) is 0 Å². The van der Waals surface area contributed by atoms with Crippen molar-refractivity contribution in [3.05, 3.63) is 35.5 Å². The molecule has 2 nitrogen and oxygen atoms in total. The molecule has 15 heavy (non-hydrogen) atoms. The molecule has 1 aromatic rings. The highest BCUT2D eigenvalue weighted by molar-refractivity contribution is 5.42. The lowest BCUT2D eigenvalue weighted by atomic mass is 10.1. The number of pyridine rings is 1. The van der Waals surface area contributed by atoms with Gasteiger partial charge in [0.2, 0.25) is 0 Å². The van der Waals surface area contributed by atoms with E-state index in [0.717, 1.165) is 18.8 Å². The first-order valence-corrected chi connectivity index (χ1v) is 5.69. The van der Waals surface area contributed by atoms with Crippen LogP contribution >= 0.6 is 0 Å². The lowest BCUT2D eigenvalue weighted by Crippen LogP contribution is -2.05. The Morgan fingerprint density at radius 1 is 1.47 bits per heavy atom. The maximum absolute atomic E-state index is 4.31. The van der Waals surface area contributed by atoms with Crippen LogP contribution in [0.3, 0.4) is 0 Å². The van der Waals surface area contributed by atoms with Crippen molar-refractivity contribution in [3.63, 3.8) is 0 Å². The number of hydrogen-bond donors (Lipinski definition) is 1. The van der Waals surface area contributed by atoms with Gasteiger partial charge in [-0.05, 0) is 44.2 Å². The third kappa shape index (κ3) is 2.82. The van der Waals surface area contributed by atoms with Crippen molar-refractivity contribution in [1.82, 2.24) is 4.98 Å². The first-order chi connectivity index (χ1) is 7.36. The van der Waals surface area contributed by atoms with Gasteiger partial charge in [0.05, 0.1) is 0 Å². The Kier molecular flexibility index (Phi) is 3.38. The fourth-order valence-corrected chi connectivity index (χ4v) is 1.98. The molecule has 1 aliphatic rings. The van der Waals surface area contributed by atoms with Crippen LogP contribution in [0.4, 0.5) is 5.82 Å². The topological polar surface area (TPSA) is 24.9 Å². The average Bonchev–Trinajstić information content (AvgIpc) is 2.74. The number of aromatic nitrogens is 1. The molecule has 1 aliphatic carbocycles. The summed E-state index contributed by atoms with van der Waals surface area (Å²) in [4.78, 5) is 4.31. The van der Waals surface area contributed by atoms with Crippen LogP contribution in [-0.2, 0) is 0 Å². The average molecular weight is 202 g/mol. The number of rotatable bonds is 4. The molecule has 2 heteroatoms. The molecule has 0 atom stereocenters. The molecule has 2 rings (SSSR count). The van der Waals surface area contributed by atoms with Crippen molar-refractivity contribution < 1.29 is 0 Å².